The number of amides is 2. The Hall–Kier alpha value is -3.34. The number of nitriles is 1. The zero-order valence-corrected chi connectivity index (χ0v) is 14.1. The van der Waals surface area contributed by atoms with Gasteiger partial charge in [-0.15, -0.1) is 0 Å². The minimum absolute atomic E-state index is 0.00734. The maximum atomic E-state index is 12.7. The normalized spacial score (nSPS) is 12.1. The average molecular weight is 375 g/mol. The second-order valence-electron chi connectivity index (χ2n) is 5.87. The molecule has 0 unspecified atom stereocenters. The summed E-state index contributed by atoms with van der Waals surface area (Å²) in [6.45, 7) is 0. The second kappa shape index (κ2) is 8.36. The summed E-state index contributed by atoms with van der Waals surface area (Å²) >= 11 is 0. The van der Waals surface area contributed by atoms with Gasteiger partial charge in [-0.3, -0.25) is 9.59 Å². The molecule has 3 N–H and O–H groups in total. The van der Waals surface area contributed by atoms with Gasteiger partial charge in [0.1, 0.15) is 6.04 Å². The molecule has 0 heterocycles. The van der Waals surface area contributed by atoms with Crippen LogP contribution in [0.2, 0.25) is 0 Å². The first kappa shape index (κ1) is 20.0. The van der Waals surface area contributed by atoms with Crippen LogP contribution in [0.25, 0.3) is 0 Å². The number of hydrogen-bond acceptors (Lipinski definition) is 3. The van der Waals surface area contributed by atoms with E-state index in [2.05, 4.69) is 5.32 Å². The van der Waals surface area contributed by atoms with Crippen LogP contribution in [-0.2, 0) is 28.6 Å². The fraction of sp³-hybridized carbons (Fsp3) is 0.211. The van der Waals surface area contributed by atoms with Gasteiger partial charge in [0.25, 0.3) is 0 Å². The average Bonchev–Trinajstić information content (AvgIpc) is 2.61. The zero-order chi connectivity index (χ0) is 20.0. The van der Waals surface area contributed by atoms with Gasteiger partial charge in [0.15, 0.2) is 0 Å². The van der Waals surface area contributed by atoms with Crippen molar-refractivity contribution in [2.75, 3.05) is 0 Å². The van der Waals surface area contributed by atoms with Crippen molar-refractivity contribution in [3.8, 4) is 6.07 Å². The Balaban J connectivity index is 2.10. The van der Waals surface area contributed by atoms with Gasteiger partial charge in [0.05, 0.1) is 23.6 Å². The van der Waals surface area contributed by atoms with E-state index in [1.807, 2.05) is 6.07 Å². The summed E-state index contributed by atoms with van der Waals surface area (Å²) in [4.78, 5) is 23.8. The molecule has 0 saturated carbocycles. The molecule has 0 aliphatic heterocycles. The number of carbonyl (C=O) groups is 2. The van der Waals surface area contributed by atoms with Gasteiger partial charge in [-0.1, -0.05) is 36.4 Å². The van der Waals surface area contributed by atoms with Crippen molar-refractivity contribution in [2.45, 2.75) is 25.1 Å². The molecule has 0 saturated heterocycles. The SMILES string of the molecule is N#Cc1ccccc1C[C@@H](NC(=O)Cc1cccc(C(F)(F)F)c1)C(N)=O. The number of rotatable bonds is 6. The lowest BCUT2D eigenvalue weighted by Crippen LogP contribution is -2.46. The van der Waals surface area contributed by atoms with Gasteiger partial charge >= 0.3 is 6.18 Å². The first-order valence-electron chi connectivity index (χ1n) is 7.93. The Labute approximate surface area is 153 Å². The summed E-state index contributed by atoms with van der Waals surface area (Å²) in [6.07, 6.45) is -4.84. The molecule has 0 bridgehead atoms. The maximum absolute atomic E-state index is 12.7. The summed E-state index contributed by atoms with van der Waals surface area (Å²) in [6, 6.07) is 11.8. The van der Waals surface area contributed by atoms with Gasteiger partial charge in [0, 0.05) is 6.42 Å². The summed E-state index contributed by atoms with van der Waals surface area (Å²) in [7, 11) is 0. The summed E-state index contributed by atoms with van der Waals surface area (Å²) in [5.74, 6) is -1.45. The standard InChI is InChI=1S/C19H16F3N3O2/c20-19(21,22)15-7-3-4-12(8-15)9-17(26)25-16(18(24)27)10-13-5-1-2-6-14(13)11-23/h1-8,16H,9-10H2,(H2,24,27)(H,25,26)/t16-/m1/s1. The predicted octanol–water partition coefficient (Wildman–Crippen LogP) is 2.33. The first-order valence-corrected chi connectivity index (χ1v) is 7.93. The lowest BCUT2D eigenvalue weighted by Gasteiger charge is -2.16. The molecular weight excluding hydrogens is 359 g/mol. The van der Waals surface area contributed by atoms with Crippen molar-refractivity contribution in [3.05, 3.63) is 70.8 Å². The highest BCUT2D eigenvalue weighted by atomic mass is 19.4. The predicted molar refractivity (Wildman–Crippen MR) is 91.1 cm³/mol. The third kappa shape index (κ3) is 5.57. The molecule has 0 fully saturated rings. The van der Waals surface area contributed by atoms with Crippen molar-refractivity contribution in [3.63, 3.8) is 0 Å². The molecular formula is C19H16F3N3O2. The van der Waals surface area contributed by atoms with Crippen LogP contribution < -0.4 is 11.1 Å². The Morgan fingerprint density at radius 2 is 1.85 bits per heavy atom. The number of nitrogens with one attached hydrogen (secondary N) is 1. The Morgan fingerprint density at radius 1 is 1.15 bits per heavy atom. The van der Waals surface area contributed by atoms with Gasteiger partial charge in [-0.2, -0.15) is 18.4 Å². The number of primary amides is 1. The summed E-state index contributed by atoms with van der Waals surface area (Å²) in [5, 5.41) is 11.5. The maximum Gasteiger partial charge on any atom is 0.416 e. The van der Waals surface area contributed by atoms with Gasteiger partial charge in [0.2, 0.25) is 11.8 Å². The molecule has 0 aromatic heterocycles. The topological polar surface area (TPSA) is 96.0 Å². The van der Waals surface area contributed by atoms with E-state index in [0.29, 0.717) is 11.1 Å². The molecule has 2 aromatic carbocycles. The van der Waals surface area contributed by atoms with Crippen LogP contribution in [0.3, 0.4) is 0 Å². The van der Waals surface area contributed by atoms with E-state index in [-0.39, 0.29) is 18.4 Å². The van der Waals surface area contributed by atoms with Crippen molar-refractivity contribution in [2.24, 2.45) is 5.73 Å². The monoisotopic (exact) mass is 375 g/mol. The van der Waals surface area contributed by atoms with Crippen LogP contribution in [0.5, 0.6) is 0 Å². The van der Waals surface area contributed by atoms with Crippen LogP contribution in [0.4, 0.5) is 13.2 Å². The highest BCUT2D eigenvalue weighted by Gasteiger charge is 2.30. The number of nitrogens with zero attached hydrogens (tertiary/aromatic N) is 1. The quantitative estimate of drug-likeness (QED) is 0.811. The van der Waals surface area contributed by atoms with Crippen LogP contribution in [0.1, 0.15) is 22.3 Å². The molecule has 0 spiro atoms. The molecule has 0 aliphatic carbocycles. The minimum Gasteiger partial charge on any atom is -0.368 e. The zero-order valence-electron chi connectivity index (χ0n) is 14.1. The van der Waals surface area contributed by atoms with Crippen LogP contribution in [0.15, 0.2) is 48.5 Å². The Bertz CT molecular complexity index is 888. The number of halogens is 3. The molecule has 27 heavy (non-hydrogen) atoms. The van der Waals surface area contributed by atoms with Gasteiger partial charge in [-0.05, 0) is 23.3 Å². The largest absolute Gasteiger partial charge is 0.416 e. The third-order valence-corrected chi connectivity index (χ3v) is 3.86. The van der Waals surface area contributed by atoms with E-state index in [0.717, 1.165) is 12.1 Å². The van der Waals surface area contributed by atoms with E-state index in [1.165, 1.54) is 12.1 Å². The molecule has 1 atom stereocenters. The van der Waals surface area contributed by atoms with Crippen LogP contribution >= 0.6 is 0 Å². The van der Waals surface area contributed by atoms with Crippen molar-refractivity contribution in [1.29, 1.82) is 5.26 Å². The third-order valence-electron chi connectivity index (χ3n) is 3.86. The minimum atomic E-state index is -4.51. The van der Waals surface area contributed by atoms with E-state index < -0.39 is 29.6 Å². The molecule has 2 amide bonds. The van der Waals surface area contributed by atoms with E-state index in [4.69, 9.17) is 11.0 Å². The molecule has 0 radical (unpaired) electrons. The van der Waals surface area contributed by atoms with Crippen molar-refractivity contribution < 1.29 is 22.8 Å². The molecule has 8 heteroatoms. The summed E-state index contributed by atoms with van der Waals surface area (Å²) in [5.41, 5.74) is 5.48. The second-order valence-corrected chi connectivity index (χ2v) is 5.87. The number of nitrogens with two attached hydrogens (primary N) is 1. The Morgan fingerprint density at radius 3 is 2.48 bits per heavy atom. The van der Waals surface area contributed by atoms with E-state index >= 15 is 0 Å². The van der Waals surface area contributed by atoms with Crippen LogP contribution in [-0.4, -0.2) is 17.9 Å². The van der Waals surface area contributed by atoms with Gasteiger partial charge in [-0.25, -0.2) is 0 Å². The van der Waals surface area contributed by atoms with E-state index in [1.54, 1.807) is 24.3 Å². The molecule has 2 aromatic rings. The van der Waals surface area contributed by atoms with Crippen molar-refractivity contribution >= 4 is 11.8 Å². The molecule has 140 valence electrons. The van der Waals surface area contributed by atoms with Crippen molar-refractivity contribution in [1.82, 2.24) is 5.32 Å². The summed E-state index contributed by atoms with van der Waals surface area (Å²) < 4.78 is 38.2. The highest BCUT2D eigenvalue weighted by molar-refractivity contribution is 5.87. The number of benzene rings is 2. The lowest BCUT2D eigenvalue weighted by molar-refractivity contribution is -0.137. The lowest BCUT2D eigenvalue weighted by atomic mass is 10.00. The molecule has 5 nitrogen and oxygen atoms in total. The smallest absolute Gasteiger partial charge is 0.368 e. The number of carbonyl (C=O) groups excluding carboxylic acids is 2. The number of alkyl halides is 3. The molecule has 2 rings (SSSR count). The fourth-order valence-electron chi connectivity index (χ4n) is 2.54. The Kier molecular flexibility index (Phi) is 6.19. The van der Waals surface area contributed by atoms with Crippen LogP contribution in [0, 0.1) is 11.3 Å². The van der Waals surface area contributed by atoms with E-state index in [9.17, 15) is 22.8 Å². The van der Waals surface area contributed by atoms with Gasteiger partial charge < -0.3 is 11.1 Å². The fourth-order valence-corrected chi connectivity index (χ4v) is 2.54. The number of hydrogen-bond donors (Lipinski definition) is 2. The molecule has 0 aliphatic rings. The highest BCUT2D eigenvalue weighted by Crippen LogP contribution is 2.29. The first-order chi connectivity index (χ1) is 12.7.